The minimum atomic E-state index is -3.90. The number of amides is 1. The van der Waals surface area contributed by atoms with Crippen molar-refractivity contribution in [2.24, 2.45) is 11.7 Å². The highest BCUT2D eigenvalue weighted by Crippen LogP contribution is 2.23. The molecular formula is C19H22FN3O3S. The van der Waals surface area contributed by atoms with Crippen molar-refractivity contribution >= 4 is 21.6 Å². The molecule has 1 aliphatic heterocycles. The summed E-state index contributed by atoms with van der Waals surface area (Å²) in [5, 5.41) is 0. The lowest BCUT2D eigenvalue weighted by Gasteiger charge is -2.18. The van der Waals surface area contributed by atoms with Crippen molar-refractivity contribution < 1.29 is 17.6 Å². The predicted molar refractivity (Wildman–Crippen MR) is 101 cm³/mol. The lowest BCUT2D eigenvalue weighted by atomic mass is 10.1. The molecule has 27 heavy (non-hydrogen) atoms. The van der Waals surface area contributed by atoms with Gasteiger partial charge < -0.3 is 10.6 Å². The molecule has 2 aromatic rings. The first-order valence-corrected chi connectivity index (χ1v) is 10.2. The van der Waals surface area contributed by atoms with Crippen LogP contribution in [0, 0.1) is 18.7 Å². The van der Waals surface area contributed by atoms with Crippen LogP contribution in [-0.2, 0) is 10.0 Å². The molecule has 1 amide bonds. The summed E-state index contributed by atoms with van der Waals surface area (Å²) in [6.07, 6.45) is 0.853. The van der Waals surface area contributed by atoms with Gasteiger partial charge in [0.15, 0.2) is 0 Å². The number of sulfonamides is 1. The van der Waals surface area contributed by atoms with Gasteiger partial charge >= 0.3 is 0 Å². The van der Waals surface area contributed by atoms with Crippen molar-refractivity contribution in [2.75, 3.05) is 24.4 Å². The summed E-state index contributed by atoms with van der Waals surface area (Å²) < 4.78 is 40.7. The molecule has 1 fully saturated rings. The van der Waals surface area contributed by atoms with Crippen LogP contribution in [0.2, 0.25) is 0 Å². The number of rotatable bonds is 5. The fourth-order valence-electron chi connectivity index (χ4n) is 3.11. The molecule has 0 bridgehead atoms. The number of carbonyl (C=O) groups is 1. The molecule has 0 saturated carbocycles. The van der Waals surface area contributed by atoms with Crippen molar-refractivity contribution in [1.29, 1.82) is 0 Å². The van der Waals surface area contributed by atoms with Crippen LogP contribution >= 0.6 is 0 Å². The van der Waals surface area contributed by atoms with Crippen molar-refractivity contribution in [3.8, 4) is 0 Å². The van der Waals surface area contributed by atoms with E-state index in [1.807, 2.05) is 0 Å². The van der Waals surface area contributed by atoms with E-state index in [-0.39, 0.29) is 22.4 Å². The Kier molecular flexibility index (Phi) is 5.48. The summed E-state index contributed by atoms with van der Waals surface area (Å²) in [7, 11) is -3.90. The van der Waals surface area contributed by atoms with Gasteiger partial charge in [0.1, 0.15) is 5.82 Å². The number of carbonyl (C=O) groups excluding carboxylic acids is 1. The number of halogens is 1. The Labute approximate surface area is 158 Å². The second-order valence-electron chi connectivity index (χ2n) is 6.73. The van der Waals surface area contributed by atoms with Crippen molar-refractivity contribution in [3.63, 3.8) is 0 Å². The normalized spacial score (nSPS) is 17.1. The number of benzene rings is 2. The Morgan fingerprint density at radius 1 is 1.26 bits per heavy atom. The monoisotopic (exact) mass is 391 g/mol. The van der Waals surface area contributed by atoms with Gasteiger partial charge in [0.2, 0.25) is 0 Å². The van der Waals surface area contributed by atoms with Gasteiger partial charge in [-0.25, -0.2) is 12.8 Å². The molecule has 3 rings (SSSR count). The van der Waals surface area contributed by atoms with Gasteiger partial charge in [-0.05, 0) is 67.8 Å². The van der Waals surface area contributed by atoms with E-state index < -0.39 is 15.8 Å². The van der Waals surface area contributed by atoms with E-state index in [1.165, 1.54) is 36.4 Å². The molecule has 1 saturated heterocycles. The van der Waals surface area contributed by atoms with Crippen LogP contribution in [0.1, 0.15) is 22.3 Å². The molecule has 3 N–H and O–H groups in total. The van der Waals surface area contributed by atoms with Gasteiger partial charge in [-0.15, -0.1) is 0 Å². The molecule has 1 aliphatic rings. The maximum atomic E-state index is 13.0. The Bertz CT molecular complexity index is 945. The van der Waals surface area contributed by atoms with E-state index in [0.29, 0.717) is 30.8 Å². The molecule has 144 valence electrons. The molecule has 6 nitrogen and oxygen atoms in total. The van der Waals surface area contributed by atoms with Crippen molar-refractivity contribution in [2.45, 2.75) is 18.2 Å². The largest absolute Gasteiger partial charge is 0.338 e. The molecule has 2 aromatic carbocycles. The van der Waals surface area contributed by atoms with Crippen LogP contribution in [0.5, 0.6) is 0 Å². The van der Waals surface area contributed by atoms with Crippen LogP contribution in [0.3, 0.4) is 0 Å². The molecule has 8 heteroatoms. The number of hydrogen-bond acceptors (Lipinski definition) is 4. The number of hydrogen-bond donors (Lipinski definition) is 2. The van der Waals surface area contributed by atoms with Crippen molar-refractivity contribution in [1.82, 2.24) is 4.90 Å². The van der Waals surface area contributed by atoms with Gasteiger partial charge in [-0.2, -0.15) is 0 Å². The molecule has 0 aliphatic carbocycles. The van der Waals surface area contributed by atoms with E-state index in [2.05, 4.69) is 4.72 Å². The molecule has 1 heterocycles. The van der Waals surface area contributed by atoms with Crippen LogP contribution in [-0.4, -0.2) is 38.9 Å². The summed E-state index contributed by atoms with van der Waals surface area (Å²) in [5.41, 5.74) is 6.99. The van der Waals surface area contributed by atoms with Crippen LogP contribution in [0.25, 0.3) is 0 Å². The van der Waals surface area contributed by atoms with Gasteiger partial charge in [0, 0.05) is 24.3 Å². The van der Waals surface area contributed by atoms with Gasteiger partial charge in [-0.3, -0.25) is 9.52 Å². The van der Waals surface area contributed by atoms with E-state index in [4.69, 9.17) is 5.73 Å². The Morgan fingerprint density at radius 2 is 1.96 bits per heavy atom. The number of likely N-dealkylation sites (tertiary alicyclic amines) is 1. The first kappa shape index (κ1) is 19.3. The summed E-state index contributed by atoms with van der Waals surface area (Å²) in [6.45, 7) is 3.50. The highest BCUT2D eigenvalue weighted by molar-refractivity contribution is 7.92. The minimum Gasteiger partial charge on any atom is -0.338 e. The third kappa shape index (κ3) is 4.28. The predicted octanol–water partition coefficient (Wildman–Crippen LogP) is 2.36. The number of aryl methyl sites for hydroxylation is 1. The lowest BCUT2D eigenvalue weighted by Crippen LogP contribution is -2.30. The fraction of sp³-hybridized carbons (Fsp3) is 0.316. The summed E-state index contributed by atoms with van der Waals surface area (Å²) >= 11 is 0. The smallest absolute Gasteiger partial charge is 0.261 e. The maximum Gasteiger partial charge on any atom is 0.261 e. The third-order valence-electron chi connectivity index (χ3n) is 4.75. The standard InChI is InChI=1S/C19H22FN3O3S/c1-13-2-7-17(27(25,26)22-16-5-3-15(20)4-6-16)10-18(13)19(24)23-9-8-14(11-21)12-23/h2-7,10,14,22H,8-9,11-12,21H2,1H3. The maximum absolute atomic E-state index is 13.0. The first-order valence-electron chi connectivity index (χ1n) is 8.68. The lowest BCUT2D eigenvalue weighted by molar-refractivity contribution is 0.0786. The minimum absolute atomic E-state index is 0.0182. The zero-order chi connectivity index (χ0) is 19.6. The van der Waals surface area contributed by atoms with Crippen LogP contribution < -0.4 is 10.5 Å². The molecule has 1 unspecified atom stereocenters. The quantitative estimate of drug-likeness (QED) is 0.818. The SMILES string of the molecule is Cc1ccc(S(=O)(=O)Nc2ccc(F)cc2)cc1C(=O)N1CCC(CN)C1. The van der Waals surface area contributed by atoms with Crippen LogP contribution in [0.4, 0.5) is 10.1 Å². The summed E-state index contributed by atoms with van der Waals surface area (Å²) in [4.78, 5) is 14.5. The Morgan fingerprint density at radius 3 is 2.59 bits per heavy atom. The average Bonchev–Trinajstić information content (AvgIpc) is 3.12. The first-order chi connectivity index (χ1) is 12.8. The van der Waals surface area contributed by atoms with E-state index >= 15 is 0 Å². The molecule has 0 spiro atoms. The third-order valence-corrected chi connectivity index (χ3v) is 6.13. The number of anilines is 1. The molecular weight excluding hydrogens is 369 g/mol. The summed E-state index contributed by atoms with van der Waals surface area (Å²) in [6, 6.07) is 9.47. The zero-order valence-electron chi connectivity index (χ0n) is 15.0. The topological polar surface area (TPSA) is 92.5 Å². The number of nitrogens with one attached hydrogen (secondary N) is 1. The van der Waals surface area contributed by atoms with Gasteiger partial charge in [0.25, 0.3) is 15.9 Å². The van der Waals surface area contributed by atoms with Gasteiger partial charge in [-0.1, -0.05) is 6.07 Å². The highest BCUT2D eigenvalue weighted by atomic mass is 32.2. The fourth-order valence-corrected chi connectivity index (χ4v) is 4.19. The van der Waals surface area contributed by atoms with E-state index in [9.17, 15) is 17.6 Å². The Hall–Kier alpha value is -2.45. The van der Waals surface area contributed by atoms with Crippen LogP contribution in [0.15, 0.2) is 47.4 Å². The molecule has 0 aromatic heterocycles. The average molecular weight is 391 g/mol. The molecule has 1 atom stereocenters. The second kappa shape index (κ2) is 7.66. The van der Waals surface area contributed by atoms with E-state index in [0.717, 1.165) is 6.42 Å². The highest BCUT2D eigenvalue weighted by Gasteiger charge is 2.28. The zero-order valence-corrected chi connectivity index (χ0v) is 15.8. The van der Waals surface area contributed by atoms with Crippen molar-refractivity contribution in [3.05, 3.63) is 59.4 Å². The second-order valence-corrected chi connectivity index (χ2v) is 8.41. The number of nitrogens with zero attached hydrogens (tertiary/aromatic N) is 1. The summed E-state index contributed by atoms with van der Waals surface area (Å²) in [5.74, 6) is -0.369. The van der Waals surface area contributed by atoms with Gasteiger partial charge in [0.05, 0.1) is 4.90 Å². The molecule has 0 radical (unpaired) electrons. The Balaban J connectivity index is 1.86. The van der Waals surface area contributed by atoms with E-state index in [1.54, 1.807) is 17.9 Å². The number of nitrogens with two attached hydrogens (primary N) is 1.